The smallest absolute Gasteiger partial charge is 0.123 e. The molecule has 1 aromatic rings. The van der Waals surface area contributed by atoms with Crippen LogP contribution in [0.4, 0.5) is 4.39 Å². The second-order valence-corrected chi connectivity index (χ2v) is 3.75. The third-order valence-electron chi connectivity index (χ3n) is 2.18. The Balaban J connectivity index is 2.48. The molecular formula is C12H15FN2. The topological polar surface area (TPSA) is 35.8 Å². The zero-order valence-corrected chi connectivity index (χ0v) is 9.00. The van der Waals surface area contributed by atoms with Crippen molar-refractivity contribution in [3.8, 4) is 6.07 Å². The van der Waals surface area contributed by atoms with E-state index >= 15 is 0 Å². The highest BCUT2D eigenvalue weighted by Crippen LogP contribution is 2.05. The molecule has 1 N–H and O–H groups in total. The molecule has 0 saturated carbocycles. The zero-order chi connectivity index (χ0) is 11.3. The Labute approximate surface area is 89.7 Å². The Morgan fingerprint density at radius 1 is 1.33 bits per heavy atom. The quantitative estimate of drug-likeness (QED) is 0.820. The molecule has 0 fully saturated rings. The van der Waals surface area contributed by atoms with Gasteiger partial charge in [-0.3, -0.25) is 5.32 Å². The van der Waals surface area contributed by atoms with Gasteiger partial charge in [0.15, 0.2) is 0 Å². The van der Waals surface area contributed by atoms with E-state index < -0.39 is 0 Å². The molecule has 0 aliphatic rings. The molecule has 15 heavy (non-hydrogen) atoms. The summed E-state index contributed by atoms with van der Waals surface area (Å²) < 4.78 is 12.6. The molecule has 1 rings (SSSR count). The van der Waals surface area contributed by atoms with Crippen LogP contribution in [0.25, 0.3) is 0 Å². The van der Waals surface area contributed by atoms with Gasteiger partial charge >= 0.3 is 0 Å². The van der Waals surface area contributed by atoms with E-state index in [-0.39, 0.29) is 17.9 Å². The third-order valence-corrected chi connectivity index (χ3v) is 2.18. The minimum absolute atomic E-state index is 0.152. The monoisotopic (exact) mass is 206 g/mol. The maximum atomic E-state index is 12.6. The van der Waals surface area contributed by atoms with E-state index in [1.54, 1.807) is 12.1 Å². The fourth-order valence-corrected chi connectivity index (χ4v) is 1.50. The number of nitriles is 1. The van der Waals surface area contributed by atoms with Gasteiger partial charge in [0, 0.05) is 6.04 Å². The van der Waals surface area contributed by atoms with E-state index in [1.807, 2.05) is 13.8 Å². The first-order valence-corrected chi connectivity index (χ1v) is 5.02. The van der Waals surface area contributed by atoms with Crippen LogP contribution < -0.4 is 5.32 Å². The largest absolute Gasteiger partial charge is 0.299 e. The number of nitrogens with one attached hydrogen (secondary N) is 1. The van der Waals surface area contributed by atoms with Crippen molar-refractivity contribution in [2.75, 3.05) is 0 Å². The van der Waals surface area contributed by atoms with Crippen LogP contribution in [0.5, 0.6) is 0 Å². The molecule has 0 aliphatic carbocycles. The van der Waals surface area contributed by atoms with Crippen LogP contribution in [-0.4, -0.2) is 12.1 Å². The van der Waals surface area contributed by atoms with Crippen LogP contribution >= 0.6 is 0 Å². The van der Waals surface area contributed by atoms with Gasteiger partial charge in [0.2, 0.25) is 0 Å². The Morgan fingerprint density at radius 3 is 2.47 bits per heavy atom. The van der Waals surface area contributed by atoms with Crippen LogP contribution in [0.2, 0.25) is 0 Å². The number of hydrogen-bond acceptors (Lipinski definition) is 2. The van der Waals surface area contributed by atoms with Crippen LogP contribution in [0, 0.1) is 17.1 Å². The van der Waals surface area contributed by atoms with Gasteiger partial charge in [-0.15, -0.1) is 0 Å². The highest BCUT2D eigenvalue weighted by Gasteiger charge is 2.06. The summed E-state index contributed by atoms with van der Waals surface area (Å²) in [6.45, 7) is 3.83. The second-order valence-electron chi connectivity index (χ2n) is 3.75. The van der Waals surface area contributed by atoms with Crippen molar-refractivity contribution in [3.63, 3.8) is 0 Å². The summed E-state index contributed by atoms with van der Waals surface area (Å²) in [6, 6.07) is 8.63. The molecule has 0 saturated heterocycles. The van der Waals surface area contributed by atoms with E-state index in [1.165, 1.54) is 12.1 Å². The van der Waals surface area contributed by atoms with Gasteiger partial charge in [0.25, 0.3) is 0 Å². The molecule has 0 bridgehead atoms. The van der Waals surface area contributed by atoms with Crippen molar-refractivity contribution in [3.05, 3.63) is 35.6 Å². The zero-order valence-electron chi connectivity index (χ0n) is 9.00. The average Bonchev–Trinajstić information content (AvgIpc) is 2.21. The number of nitrogens with zero attached hydrogens (tertiary/aromatic N) is 1. The summed E-state index contributed by atoms with van der Waals surface area (Å²) in [7, 11) is 0. The molecule has 0 heterocycles. The van der Waals surface area contributed by atoms with Crippen molar-refractivity contribution < 1.29 is 4.39 Å². The summed E-state index contributed by atoms with van der Waals surface area (Å²) in [5, 5.41) is 11.8. The van der Waals surface area contributed by atoms with E-state index in [4.69, 9.17) is 5.26 Å². The first-order valence-electron chi connectivity index (χ1n) is 5.02. The molecular weight excluding hydrogens is 191 g/mol. The predicted molar refractivity (Wildman–Crippen MR) is 57.8 cm³/mol. The molecule has 2 atom stereocenters. The van der Waals surface area contributed by atoms with Crippen molar-refractivity contribution in [2.24, 2.45) is 0 Å². The van der Waals surface area contributed by atoms with Gasteiger partial charge in [0.05, 0.1) is 12.1 Å². The summed E-state index contributed by atoms with van der Waals surface area (Å²) >= 11 is 0. The van der Waals surface area contributed by atoms with E-state index in [0.29, 0.717) is 0 Å². The third kappa shape index (κ3) is 4.09. The van der Waals surface area contributed by atoms with Crippen molar-refractivity contribution >= 4 is 0 Å². The van der Waals surface area contributed by atoms with Crippen molar-refractivity contribution in [2.45, 2.75) is 32.4 Å². The van der Waals surface area contributed by atoms with Gasteiger partial charge < -0.3 is 0 Å². The highest BCUT2D eigenvalue weighted by atomic mass is 19.1. The van der Waals surface area contributed by atoms with Crippen LogP contribution in [-0.2, 0) is 6.42 Å². The lowest BCUT2D eigenvalue weighted by atomic mass is 10.1. The first-order chi connectivity index (χ1) is 7.11. The predicted octanol–water partition coefficient (Wildman–Crippen LogP) is 2.26. The van der Waals surface area contributed by atoms with Crippen LogP contribution in [0.15, 0.2) is 24.3 Å². The molecule has 0 aromatic heterocycles. The molecule has 2 nitrogen and oxygen atoms in total. The summed E-state index contributed by atoms with van der Waals surface area (Å²) in [5.74, 6) is -0.218. The lowest BCUT2D eigenvalue weighted by molar-refractivity contribution is 0.518. The van der Waals surface area contributed by atoms with Gasteiger partial charge in [-0.2, -0.15) is 5.26 Å². The summed E-state index contributed by atoms with van der Waals surface area (Å²) in [5.41, 5.74) is 1.07. The minimum atomic E-state index is -0.218. The summed E-state index contributed by atoms with van der Waals surface area (Å²) in [6.07, 6.45) is 0.798. The Morgan fingerprint density at radius 2 is 1.93 bits per heavy atom. The number of halogens is 1. The van der Waals surface area contributed by atoms with Gasteiger partial charge in [0.1, 0.15) is 5.82 Å². The van der Waals surface area contributed by atoms with E-state index in [2.05, 4.69) is 11.4 Å². The Hall–Kier alpha value is -1.40. The lowest BCUT2D eigenvalue weighted by Crippen LogP contribution is -2.34. The Kier molecular flexibility index (Phi) is 4.26. The van der Waals surface area contributed by atoms with Gasteiger partial charge in [-0.25, -0.2) is 4.39 Å². The summed E-state index contributed by atoms with van der Waals surface area (Å²) in [4.78, 5) is 0. The number of benzene rings is 1. The van der Waals surface area contributed by atoms with Gasteiger partial charge in [-0.1, -0.05) is 12.1 Å². The first kappa shape index (κ1) is 11.7. The minimum Gasteiger partial charge on any atom is -0.299 e. The lowest BCUT2D eigenvalue weighted by Gasteiger charge is -2.15. The molecule has 2 unspecified atom stereocenters. The SMILES string of the molecule is CC(C#N)NC(C)Cc1ccc(F)cc1. The maximum Gasteiger partial charge on any atom is 0.123 e. The molecule has 3 heteroatoms. The van der Waals surface area contributed by atoms with Crippen LogP contribution in [0.3, 0.4) is 0 Å². The molecule has 0 amide bonds. The van der Waals surface area contributed by atoms with Crippen molar-refractivity contribution in [1.29, 1.82) is 5.26 Å². The Bertz CT molecular complexity index is 340. The number of rotatable bonds is 4. The van der Waals surface area contributed by atoms with Gasteiger partial charge in [-0.05, 0) is 38.0 Å². The molecule has 1 aromatic carbocycles. The molecule has 0 aliphatic heterocycles. The second kappa shape index (κ2) is 5.47. The standard InChI is InChI=1S/C12H15FN2/c1-9(15-10(2)8-14)7-11-3-5-12(13)6-4-11/h3-6,9-10,15H,7H2,1-2H3. The van der Waals surface area contributed by atoms with Crippen LogP contribution in [0.1, 0.15) is 19.4 Å². The maximum absolute atomic E-state index is 12.6. The highest BCUT2D eigenvalue weighted by molar-refractivity contribution is 5.17. The fourth-order valence-electron chi connectivity index (χ4n) is 1.50. The number of hydrogen-bond donors (Lipinski definition) is 1. The average molecular weight is 206 g/mol. The normalized spacial score (nSPS) is 14.3. The van der Waals surface area contributed by atoms with Crippen molar-refractivity contribution in [1.82, 2.24) is 5.32 Å². The van der Waals surface area contributed by atoms with E-state index in [9.17, 15) is 4.39 Å². The molecule has 80 valence electrons. The van der Waals surface area contributed by atoms with E-state index in [0.717, 1.165) is 12.0 Å². The molecule has 0 radical (unpaired) electrons. The fraction of sp³-hybridized carbons (Fsp3) is 0.417. The molecule has 0 spiro atoms.